The van der Waals surface area contributed by atoms with Crippen molar-refractivity contribution >= 4 is 23.5 Å². The third kappa shape index (κ3) is 5.87. The molecule has 7 heteroatoms. The molecule has 0 aromatic carbocycles. The molecule has 2 heterocycles. The average Bonchev–Trinajstić information content (AvgIpc) is 2.57. The van der Waals surface area contributed by atoms with Crippen molar-refractivity contribution in [3.63, 3.8) is 0 Å². The number of hydrogen-bond acceptors (Lipinski definition) is 6. The predicted octanol–water partition coefficient (Wildman–Crippen LogP) is 2.79. The van der Waals surface area contributed by atoms with Crippen molar-refractivity contribution in [2.24, 2.45) is 0 Å². The summed E-state index contributed by atoms with van der Waals surface area (Å²) >= 11 is 0. The van der Waals surface area contributed by atoms with Gasteiger partial charge in [0.1, 0.15) is 17.2 Å². The van der Waals surface area contributed by atoms with Crippen molar-refractivity contribution in [2.45, 2.75) is 33.3 Å². The Balaban J connectivity index is 1.88. The summed E-state index contributed by atoms with van der Waals surface area (Å²) in [5.41, 5.74) is 1.37. The minimum Gasteiger partial charge on any atom is -0.459 e. The third-order valence-corrected chi connectivity index (χ3v) is 3.19. The van der Waals surface area contributed by atoms with Gasteiger partial charge in [-0.3, -0.25) is 4.79 Å². The van der Waals surface area contributed by atoms with Gasteiger partial charge in [0, 0.05) is 25.4 Å². The fourth-order valence-electron chi connectivity index (χ4n) is 2.03. The number of carbonyl (C=O) groups excluding carboxylic acids is 2. The van der Waals surface area contributed by atoms with Crippen LogP contribution in [-0.2, 0) is 9.53 Å². The highest BCUT2D eigenvalue weighted by Crippen LogP contribution is 2.14. The number of carbonyl (C=O) groups is 2. The van der Waals surface area contributed by atoms with E-state index < -0.39 is 5.97 Å². The maximum Gasteiger partial charge on any atom is 0.342 e. The van der Waals surface area contributed by atoms with E-state index in [1.807, 2.05) is 13.0 Å². The molecule has 0 unspecified atom stereocenters. The van der Waals surface area contributed by atoms with Crippen molar-refractivity contribution in [2.75, 3.05) is 17.2 Å². The molecule has 132 valence electrons. The van der Waals surface area contributed by atoms with Gasteiger partial charge in [0.25, 0.3) is 0 Å². The summed E-state index contributed by atoms with van der Waals surface area (Å²) in [5.74, 6) is 0.286. The zero-order valence-electron chi connectivity index (χ0n) is 14.6. The molecule has 2 N–H and O–H groups in total. The van der Waals surface area contributed by atoms with Crippen molar-refractivity contribution in [1.82, 2.24) is 9.97 Å². The summed E-state index contributed by atoms with van der Waals surface area (Å²) in [4.78, 5) is 32.3. The summed E-state index contributed by atoms with van der Waals surface area (Å²) in [6.45, 7) is 5.82. The SMILES string of the molecule is Cc1ccc(NC(=O)CCNc2ncccc2C(=O)OC(C)C)nc1. The van der Waals surface area contributed by atoms with Crippen molar-refractivity contribution in [3.8, 4) is 0 Å². The van der Waals surface area contributed by atoms with E-state index in [1.165, 1.54) is 0 Å². The maximum atomic E-state index is 12.1. The van der Waals surface area contributed by atoms with E-state index in [0.29, 0.717) is 23.7 Å². The smallest absolute Gasteiger partial charge is 0.342 e. The Kier molecular flexibility index (Phi) is 6.45. The summed E-state index contributed by atoms with van der Waals surface area (Å²) in [7, 11) is 0. The molecule has 0 saturated heterocycles. The molecule has 2 aromatic rings. The van der Waals surface area contributed by atoms with E-state index in [0.717, 1.165) is 5.56 Å². The molecule has 2 aromatic heterocycles. The van der Waals surface area contributed by atoms with Crippen LogP contribution in [0.1, 0.15) is 36.2 Å². The van der Waals surface area contributed by atoms with Crippen LogP contribution in [0.15, 0.2) is 36.7 Å². The largest absolute Gasteiger partial charge is 0.459 e. The summed E-state index contributed by atoms with van der Waals surface area (Å²) in [6.07, 6.45) is 3.26. The Labute approximate surface area is 146 Å². The number of hydrogen-bond donors (Lipinski definition) is 2. The molecule has 0 aliphatic carbocycles. The first-order valence-corrected chi connectivity index (χ1v) is 8.08. The number of aryl methyl sites for hydroxylation is 1. The maximum absolute atomic E-state index is 12.1. The van der Waals surface area contributed by atoms with Crippen molar-refractivity contribution < 1.29 is 14.3 Å². The summed E-state index contributed by atoms with van der Waals surface area (Å²) in [5, 5.41) is 5.72. The van der Waals surface area contributed by atoms with Gasteiger partial charge in [-0.1, -0.05) is 6.07 Å². The lowest BCUT2D eigenvalue weighted by Gasteiger charge is -2.12. The van der Waals surface area contributed by atoms with Crippen LogP contribution < -0.4 is 10.6 Å². The van der Waals surface area contributed by atoms with E-state index in [4.69, 9.17) is 4.74 Å². The van der Waals surface area contributed by atoms with E-state index >= 15 is 0 Å². The zero-order valence-corrected chi connectivity index (χ0v) is 14.6. The summed E-state index contributed by atoms with van der Waals surface area (Å²) in [6, 6.07) is 6.93. The van der Waals surface area contributed by atoms with Crippen LogP contribution >= 0.6 is 0 Å². The number of rotatable bonds is 7. The van der Waals surface area contributed by atoms with Crippen LogP contribution in [0.5, 0.6) is 0 Å². The molecule has 0 aliphatic heterocycles. The second-order valence-corrected chi connectivity index (χ2v) is 5.80. The number of aromatic nitrogens is 2. The second kappa shape index (κ2) is 8.77. The molecule has 7 nitrogen and oxygen atoms in total. The first-order chi connectivity index (χ1) is 12.0. The van der Waals surface area contributed by atoms with Gasteiger partial charge < -0.3 is 15.4 Å². The molecule has 0 saturated carbocycles. The molecule has 0 radical (unpaired) electrons. The van der Waals surface area contributed by atoms with Gasteiger partial charge in [0.05, 0.1) is 6.10 Å². The molecule has 0 bridgehead atoms. The monoisotopic (exact) mass is 342 g/mol. The van der Waals surface area contributed by atoms with Crippen LogP contribution in [0.3, 0.4) is 0 Å². The van der Waals surface area contributed by atoms with Gasteiger partial charge in [-0.2, -0.15) is 0 Å². The molecule has 0 atom stereocenters. The van der Waals surface area contributed by atoms with Gasteiger partial charge in [-0.05, 0) is 44.5 Å². The van der Waals surface area contributed by atoms with Gasteiger partial charge in [0.15, 0.2) is 0 Å². The van der Waals surface area contributed by atoms with E-state index in [2.05, 4.69) is 20.6 Å². The highest BCUT2D eigenvalue weighted by Gasteiger charge is 2.15. The molecule has 2 rings (SSSR count). The number of esters is 1. The minimum atomic E-state index is -0.445. The number of anilines is 2. The van der Waals surface area contributed by atoms with Gasteiger partial charge in [-0.15, -0.1) is 0 Å². The molecule has 0 spiro atoms. The highest BCUT2D eigenvalue weighted by atomic mass is 16.5. The Morgan fingerprint density at radius 1 is 1.20 bits per heavy atom. The highest BCUT2D eigenvalue weighted by molar-refractivity contribution is 5.95. The quantitative estimate of drug-likeness (QED) is 0.752. The molecule has 25 heavy (non-hydrogen) atoms. The average molecular weight is 342 g/mol. The lowest BCUT2D eigenvalue weighted by molar-refractivity contribution is -0.116. The second-order valence-electron chi connectivity index (χ2n) is 5.80. The minimum absolute atomic E-state index is 0.175. The third-order valence-electron chi connectivity index (χ3n) is 3.19. The van der Waals surface area contributed by atoms with Crippen LogP contribution in [0, 0.1) is 6.92 Å². The Morgan fingerprint density at radius 3 is 2.68 bits per heavy atom. The lowest BCUT2D eigenvalue weighted by Crippen LogP contribution is -2.19. The standard InChI is InChI=1S/C18H22N4O3/c1-12(2)25-18(24)14-5-4-9-19-17(14)20-10-8-16(23)22-15-7-6-13(3)11-21-15/h4-7,9,11-12H,8,10H2,1-3H3,(H,19,20)(H,21,22,23). The first kappa shape index (κ1) is 18.4. The molecule has 0 aliphatic rings. The Hall–Kier alpha value is -2.96. The van der Waals surface area contributed by atoms with E-state index in [-0.39, 0.29) is 18.4 Å². The lowest BCUT2D eigenvalue weighted by atomic mass is 10.2. The normalized spacial score (nSPS) is 10.4. The van der Waals surface area contributed by atoms with E-state index in [1.54, 1.807) is 44.4 Å². The number of ether oxygens (including phenoxy) is 1. The predicted molar refractivity (Wildman–Crippen MR) is 95.5 cm³/mol. The molecule has 1 amide bonds. The van der Waals surface area contributed by atoms with Gasteiger partial charge in [0.2, 0.25) is 5.91 Å². The fraction of sp³-hybridized carbons (Fsp3) is 0.333. The topological polar surface area (TPSA) is 93.2 Å². The van der Waals surface area contributed by atoms with Crippen LogP contribution in [0.2, 0.25) is 0 Å². The summed E-state index contributed by atoms with van der Waals surface area (Å²) < 4.78 is 5.19. The molecular weight excluding hydrogens is 320 g/mol. The van der Waals surface area contributed by atoms with Gasteiger partial charge >= 0.3 is 5.97 Å². The van der Waals surface area contributed by atoms with Gasteiger partial charge in [-0.25, -0.2) is 14.8 Å². The van der Waals surface area contributed by atoms with Crippen LogP contribution in [0.25, 0.3) is 0 Å². The van der Waals surface area contributed by atoms with E-state index in [9.17, 15) is 9.59 Å². The van der Waals surface area contributed by atoms with Crippen molar-refractivity contribution in [3.05, 3.63) is 47.8 Å². The number of pyridine rings is 2. The number of nitrogens with zero attached hydrogens (tertiary/aromatic N) is 2. The van der Waals surface area contributed by atoms with Crippen molar-refractivity contribution in [1.29, 1.82) is 0 Å². The van der Waals surface area contributed by atoms with Crippen LogP contribution in [-0.4, -0.2) is 34.5 Å². The molecular formula is C18H22N4O3. The fourth-order valence-corrected chi connectivity index (χ4v) is 2.03. The first-order valence-electron chi connectivity index (χ1n) is 8.08. The zero-order chi connectivity index (χ0) is 18.2. The number of nitrogens with one attached hydrogen (secondary N) is 2. The Bertz CT molecular complexity index is 729. The molecule has 0 fully saturated rings. The Morgan fingerprint density at radius 2 is 2.00 bits per heavy atom. The number of amides is 1. The van der Waals surface area contributed by atoms with Crippen LogP contribution in [0.4, 0.5) is 11.6 Å².